The van der Waals surface area contributed by atoms with E-state index in [1.807, 2.05) is 0 Å². The molecule has 0 spiro atoms. The third-order valence-electron chi connectivity index (χ3n) is 3.74. The molecule has 0 aromatic carbocycles. The van der Waals surface area contributed by atoms with Crippen LogP contribution in [0.25, 0.3) is 0 Å². The first-order chi connectivity index (χ1) is 7.72. The van der Waals surface area contributed by atoms with E-state index in [9.17, 15) is 4.79 Å². The fourth-order valence-electron chi connectivity index (χ4n) is 2.31. The van der Waals surface area contributed by atoms with Crippen molar-refractivity contribution >= 4 is 5.91 Å². The molecule has 16 heavy (non-hydrogen) atoms. The van der Waals surface area contributed by atoms with Crippen LogP contribution in [0.4, 0.5) is 0 Å². The lowest BCUT2D eigenvalue weighted by Gasteiger charge is -2.40. The van der Waals surface area contributed by atoms with Crippen LogP contribution in [0.2, 0.25) is 0 Å². The molecule has 0 aromatic heterocycles. The zero-order valence-electron chi connectivity index (χ0n) is 10.6. The third-order valence-corrected chi connectivity index (χ3v) is 3.74. The largest absolute Gasteiger partial charge is 0.356 e. The lowest BCUT2D eigenvalue weighted by molar-refractivity contribution is -0.124. The summed E-state index contributed by atoms with van der Waals surface area (Å²) in [4.78, 5) is 11.7. The minimum atomic E-state index is 0.146. The first kappa shape index (κ1) is 13.5. The van der Waals surface area contributed by atoms with Crippen molar-refractivity contribution < 1.29 is 4.79 Å². The van der Waals surface area contributed by atoms with Crippen molar-refractivity contribution in [2.75, 3.05) is 13.1 Å². The van der Waals surface area contributed by atoms with Gasteiger partial charge in [0.05, 0.1) is 0 Å². The summed E-state index contributed by atoms with van der Waals surface area (Å²) in [5, 5.41) is 3.01. The Kier molecular flexibility index (Phi) is 5.81. The number of carbonyl (C=O) groups excluding carboxylic acids is 1. The first-order valence-corrected chi connectivity index (χ1v) is 6.69. The Morgan fingerprint density at radius 3 is 2.56 bits per heavy atom. The van der Waals surface area contributed by atoms with Gasteiger partial charge in [0.2, 0.25) is 5.91 Å². The fraction of sp³-hybridized carbons (Fsp3) is 0.923. The van der Waals surface area contributed by atoms with Crippen LogP contribution in [0, 0.1) is 5.41 Å². The minimum Gasteiger partial charge on any atom is -0.356 e. The van der Waals surface area contributed by atoms with Crippen LogP contribution in [0.15, 0.2) is 0 Å². The van der Waals surface area contributed by atoms with E-state index in [2.05, 4.69) is 12.2 Å². The van der Waals surface area contributed by atoms with Crippen LogP contribution < -0.4 is 11.1 Å². The molecule has 0 heterocycles. The average molecular weight is 226 g/mol. The van der Waals surface area contributed by atoms with Gasteiger partial charge in [0, 0.05) is 13.0 Å². The Morgan fingerprint density at radius 2 is 2.06 bits per heavy atom. The molecule has 1 amide bonds. The normalized spacial score (nSPS) is 17.9. The second-order valence-electron chi connectivity index (χ2n) is 5.15. The van der Waals surface area contributed by atoms with E-state index >= 15 is 0 Å². The summed E-state index contributed by atoms with van der Waals surface area (Å²) in [7, 11) is 0. The topological polar surface area (TPSA) is 55.1 Å². The second kappa shape index (κ2) is 6.89. The number of hydrogen-bond acceptors (Lipinski definition) is 2. The molecule has 0 saturated heterocycles. The third kappa shape index (κ3) is 4.12. The van der Waals surface area contributed by atoms with Crippen molar-refractivity contribution in [2.45, 2.75) is 58.3 Å². The van der Waals surface area contributed by atoms with Gasteiger partial charge in [-0.3, -0.25) is 4.79 Å². The molecule has 94 valence electrons. The van der Waals surface area contributed by atoms with Crippen LogP contribution in [0.3, 0.4) is 0 Å². The highest BCUT2D eigenvalue weighted by Crippen LogP contribution is 2.42. The number of rotatable bonds is 8. The molecule has 3 N–H and O–H groups in total. The van der Waals surface area contributed by atoms with E-state index in [0.29, 0.717) is 13.0 Å². The van der Waals surface area contributed by atoms with Crippen LogP contribution in [-0.2, 0) is 4.79 Å². The smallest absolute Gasteiger partial charge is 0.220 e. The van der Waals surface area contributed by atoms with Crippen molar-refractivity contribution in [3.63, 3.8) is 0 Å². The quantitative estimate of drug-likeness (QED) is 0.623. The molecule has 0 aliphatic heterocycles. The van der Waals surface area contributed by atoms with Crippen molar-refractivity contribution in [3.05, 3.63) is 0 Å². The van der Waals surface area contributed by atoms with Gasteiger partial charge < -0.3 is 11.1 Å². The maximum atomic E-state index is 11.7. The maximum absolute atomic E-state index is 11.7. The number of unbranched alkanes of at least 4 members (excludes halogenated alkanes) is 3. The van der Waals surface area contributed by atoms with Gasteiger partial charge >= 0.3 is 0 Å². The molecule has 1 saturated carbocycles. The van der Waals surface area contributed by atoms with Crippen molar-refractivity contribution in [3.8, 4) is 0 Å². The van der Waals surface area contributed by atoms with Crippen molar-refractivity contribution in [1.82, 2.24) is 5.32 Å². The summed E-state index contributed by atoms with van der Waals surface area (Å²) in [6.45, 7) is 3.69. The zero-order chi connectivity index (χ0) is 11.9. The summed E-state index contributed by atoms with van der Waals surface area (Å²) in [5.74, 6) is 0.196. The van der Waals surface area contributed by atoms with E-state index in [4.69, 9.17) is 5.73 Å². The molecule has 0 aromatic rings. The van der Waals surface area contributed by atoms with Gasteiger partial charge in [-0.2, -0.15) is 0 Å². The second-order valence-corrected chi connectivity index (χ2v) is 5.15. The Hall–Kier alpha value is -0.570. The van der Waals surface area contributed by atoms with Crippen molar-refractivity contribution in [2.24, 2.45) is 11.1 Å². The molecule has 0 bridgehead atoms. The fourth-order valence-corrected chi connectivity index (χ4v) is 2.31. The highest BCUT2D eigenvalue weighted by atomic mass is 16.1. The number of nitrogens with one attached hydrogen (secondary N) is 1. The molecule has 1 aliphatic rings. The standard InChI is InChI=1S/C13H26N2O/c1-2-3-4-5-9-15-12(16)10-13(11-14)7-6-8-13/h2-11,14H2,1H3,(H,15,16). The average Bonchev–Trinajstić information content (AvgIpc) is 2.23. The molecular formula is C13H26N2O. The molecule has 3 heteroatoms. The SMILES string of the molecule is CCCCCCNC(=O)CC1(CN)CCC1. The number of carbonyl (C=O) groups is 1. The van der Waals surface area contributed by atoms with Gasteiger partial charge in [0.25, 0.3) is 0 Å². The number of hydrogen-bond donors (Lipinski definition) is 2. The molecule has 0 atom stereocenters. The zero-order valence-corrected chi connectivity index (χ0v) is 10.6. The van der Waals surface area contributed by atoms with E-state index in [1.54, 1.807) is 0 Å². The molecular weight excluding hydrogens is 200 g/mol. The first-order valence-electron chi connectivity index (χ1n) is 6.69. The van der Waals surface area contributed by atoms with Gasteiger partial charge in [0.15, 0.2) is 0 Å². The summed E-state index contributed by atoms with van der Waals surface area (Å²) in [5.41, 5.74) is 5.88. The molecule has 1 aliphatic carbocycles. The predicted molar refractivity (Wildman–Crippen MR) is 67.1 cm³/mol. The highest BCUT2D eigenvalue weighted by molar-refractivity contribution is 5.76. The molecule has 1 fully saturated rings. The molecule has 3 nitrogen and oxygen atoms in total. The number of nitrogens with two attached hydrogens (primary N) is 1. The summed E-state index contributed by atoms with van der Waals surface area (Å²) < 4.78 is 0. The molecule has 1 rings (SSSR count). The van der Waals surface area contributed by atoms with Gasteiger partial charge in [-0.05, 0) is 31.2 Å². The highest BCUT2D eigenvalue weighted by Gasteiger charge is 2.37. The van der Waals surface area contributed by atoms with Gasteiger partial charge in [-0.25, -0.2) is 0 Å². The Bertz CT molecular complexity index is 206. The van der Waals surface area contributed by atoms with Crippen LogP contribution >= 0.6 is 0 Å². The van der Waals surface area contributed by atoms with Gasteiger partial charge in [0.1, 0.15) is 0 Å². The molecule has 0 unspecified atom stereocenters. The van der Waals surface area contributed by atoms with Crippen LogP contribution in [-0.4, -0.2) is 19.0 Å². The van der Waals surface area contributed by atoms with Gasteiger partial charge in [-0.15, -0.1) is 0 Å². The van der Waals surface area contributed by atoms with Crippen LogP contribution in [0.1, 0.15) is 58.3 Å². The van der Waals surface area contributed by atoms with Gasteiger partial charge in [-0.1, -0.05) is 32.6 Å². The lowest BCUT2D eigenvalue weighted by atomic mass is 9.66. The minimum absolute atomic E-state index is 0.146. The predicted octanol–water partition coefficient (Wildman–Crippen LogP) is 2.20. The monoisotopic (exact) mass is 226 g/mol. The Labute approximate surface area is 99.2 Å². The van der Waals surface area contributed by atoms with Crippen molar-refractivity contribution in [1.29, 1.82) is 0 Å². The molecule has 0 radical (unpaired) electrons. The summed E-state index contributed by atoms with van der Waals surface area (Å²) in [6, 6.07) is 0. The maximum Gasteiger partial charge on any atom is 0.220 e. The van der Waals surface area contributed by atoms with Crippen LogP contribution in [0.5, 0.6) is 0 Å². The lowest BCUT2D eigenvalue weighted by Crippen LogP contribution is -2.42. The summed E-state index contributed by atoms with van der Waals surface area (Å²) in [6.07, 6.45) is 8.97. The Morgan fingerprint density at radius 1 is 1.31 bits per heavy atom. The van der Waals surface area contributed by atoms with E-state index in [1.165, 1.54) is 25.7 Å². The van der Waals surface area contributed by atoms with E-state index in [-0.39, 0.29) is 11.3 Å². The van der Waals surface area contributed by atoms with E-state index < -0.39 is 0 Å². The summed E-state index contributed by atoms with van der Waals surface area (Å²) >= 11 is 0. The number of amides is 1. The van der Waals surface area contributed by atoms with E-state index in [0.717, 1.165) is 25.8 Å². The Balaban J connectivity index is 2.06.